The summed E-state index contributed by atoms with van der Waals surface area (Å²) in [5, 5.41) is 4.02. The molecule has 27 heavy (non-hydrogen) atoms. The number of hydrogen-bond donors (Lipinski definition) is 0. The van der Waals surface area contributed by atoms with Crippen LogP contribution in [0.15, 0.2) is 57.7 Å². The number of carbonyl (C=O) groups excluding carboxylic acids is 1. The Kier molecular flexibility index (Phi) is 5.05. The van der Waals surface area contributed by atoms with E-state index in [4.69, 9.17) is 8.94 Å². The molecule has 1 atom stereocenters. The topological polar surface area (TPSA) is 72.4 Å². The number of benzene rings is 1. The standard InChI is InChI=1S/C21H23N3O3/c1-24(12-11-19-22-21(27-23-19)16-9-10-16)20(25)14-17(18-8-5-13-26-18)15-6-3-2-4-7-15/h2-8,13,16-17H,9-12,14H2,1H3. The van der Waals surface area contributed by atoms with Gasteiger partial charge in [0.05, 0.1) is 12.2 Å². The number of hydrogen-bond acceptors (Lipinski definition) is 5. The zero-order chi connectivity index (χ0) is 18.6. The van der Waals surface area contributed by atoms with Crippen molar-refractivity contribution in [1.82, 2.24) is 15.0 Å². The second-order valence-corrected chi connectivity index (χ2v) is 7.07. The molecule has 3 aromatic rings. The molecule has 0 bridgehead atoms. The van der Waals surface area contributed by atoms with Crippen molar-refractivity contribution in [1.29, 1.82) is 0 Å². The molecular weight excluding hydrogens is 342 g/mol. The maximum absolute atomic E-state index is 12.8. The summed E-state index contributed by atoms with van der Waals surface area (Å²) >= 11 is 0. The minimum absolute atomic E-state index is 0.0613. The summed E-state index contributed by atoms with van der Waals surface area (Å²) in [5.74, 6) is 2.62. The molecule has 0 N–H and O–H groups in total. The van der Waals surface area contributed by atoms with Gasteiger partial charge in [-0.05, 0) is 30.5 Å². The van der Waals surface area contributed by atoms with Crippen LogP contribution in [0.2, 0.25) is 0 Å². The third-order valence-electron chi connectivity index (χ3n) is 4.97. The third kappa shape index (κ3) is 4.27. The molecule has 2 aromatic heterocycles. The Morgan fingerprint density at radius 2 is 2.04 bits per heavy atom. The normalized spacial score (nSPS) is 14.9. The molecule has 1 fully saturated rings. The molecule has 2 heterocycles. The lowest BCUT2D eigenvalue weighted by Crippen LogP contribution is -2.30. The Hall–Kier alpha value is -2.89. The Bertz CT molecular complexity index is 869. The van der Waals surface area contributed by atoms with Crippen LogP contribution >= 0.6 is 0 Å². The highest BCUT2D eigenvalue weighted by Crippen LogP contribution is 2.38. The van der Waals surface area contributed by atoms with E-state index in [2.05, 4.69) is 10.1 Å². The van der Waals surface area contributed by atoms with Crippen LogP contribution in [0.1, 0.15) is 54.1 Å². The maximum Gasteiger partial charge on any atom is 0.229 e. The number of amides is 1. The van der Waals surface area contributed by atoms with E-state index < -0.39 is 0 Å². The Labute approximate surface area is 158 Å². The van der Waals surface area contributed by atoms with Crippen LogP contribution in [0, 0.1) is 0 Å². The molecule has 0 aliphatic heterocycles. The molecule has 0 saturated heterocycles. The number of rotatable bonds is 8. The minimum atomic E-state index is -0.0946. The molecule has 6 heteroatoms. The van der Waals surface area contributed by atoms with Crippen molar-refractivity contribution in [3.63, 3.8) is 0 Å². The van der Waals surface area contributed by atoms with E-state index in [1.807, 2.05) is 49.5 Å². The summed E-state index contributed by atoms with van der Waals surface area (Å²) in [6.45, 7) is 0.558. The van der Waals surface area contributed by atoms with Crippen molar-refractivity contribution < 1.29 is 13.7 Å². The first kappa shape index (κ1) is 17.5. The minimum Gasteiger partial charge on any atom is -0.469 e. The molecule has 1 aliphatic carbocycles. The second-order valence-electron chi connectivity index (χ2n) is 7.07. The summed E-state index contributed by atoms with van der Waals surface area (Å²) in [6, 6.07) is 13.8. The number of aromatic nitrogens is 2. The van der Waals surface area contributed by atoms with Crippen LogP contribution in [0.25, 0.3) is 0 Å². The Morgan fingerprint density at radius 3 is 2.74 bits per heavy atom. The molecule has 1 aliphatic rings. The van der Waals surface area contributed by atoms with Gasteiger partial charge >= 0.3 is 0 Å². The Morgan fingerprint density at radius 1 is 1.22 bits per heavy atom. The van der Waals surface area contributed by atoms with Gasteiger partial charge in [-0.2, -0.15) is 4.98 Å². The van der Waals surface area contributed by atoms with Crippen LogP contribution < -0.4 is 0 Å². The smallest absolute Gasteiger partial charge is 0.229 e. The lowest BCUT2D eigenvalue weighted by molar-refractivity contribution is -0.130. The molecule has 6 nitrogen and oxygen atoms in total. The summed E-state index contributed by atoms with van der Waals surface area (Å²) in [7, 11) is 1.81. The molecule has 1 unspecified atom stereocenters. The van der Waals surface area contributed by atoms with E-state index in [9.17, 15) is 4.79 Å². The van der Waals surface area contributed by atoms with Crippen LogP contribution in [-0.4, -0.2) is 34.5 Å². The highest BCUT2D eigenvalue weighted by Gasteiger charge is 2.29. The van der Waals surface area contributed by atoms with E-state index in [1.165, 1.54) is 0 Å². The zero-order valence-electron chi connectivity index (χ0n) is 15.4. The average Bonchev–Trinajstić information content (AvgIpc) is 3.20. The molecule has 1 amide bonds. The first-order chi connectivity index (χ1) is 13.2. The monoisotopic (exact) mass is 365 g/mol. The summed E-state index contributed by atoms with van der Waals surface area (Å²) in [6.07, 6.45) is 4.86. The quantitative estimate of drug-likeness (QED) is 0.608. The van der Waals surface area contributed by atoms with Crippen LogP contribution in [-0.2, 0) is 11.2 Å². The summed E-state index contributed by atoms with van der Waals surface area (Å²) in [5.41, 5.74) is 1.07. The number of carbonyl (C=O) groups is 1. The van der Waals surface area contributed by atoms with Gasteiger partial charge < -0.3 is 13.8 Å². The number of nitrogens with zero attached hydrogens (tertiary/aromatic N) is 3. The fourth-order valence-corrected chi connectivity index (χ4v) is 3.15. The average molecular weight is 365 g/mol. The molecule has 0 radical (unpaired) electrons. The first-order valence-electron chi connectivity index (χ1n) is 9.35. The van der Waals surface area contributed by atoms with E-state index in [0.717, 1.165) is 30.1 Å². The molecule has 4 rings (SSSR count). The first-order valence-corrected chi connectivity index (χ1v) is 9.35. The predicted molar refractivity (Wildman–Crippen MR) is 99.2 cm³/mol. The zero-order valence-corrected chi connectivity index (χ0v) is 15.4. The maximum atomic E-state index is 12.8. The van der Waals surface area contributed by atoms with Crippen molar-refractivity contribution in [2.45, 2.75) is 37.5 Å². The van der Waals surface area contributed by atoms with Crippen molar-refractivity contribution in [2.24, 2.45) is 0 Å². The second kappa shape index (κ2) is 7.78. The van der Waals surface area contributed by atoms with E-state index in [-0.39, 0.29) is 11.8 Å². The van der Waals surface area contributed by atoms with Gasteiger partial charge in [0.15, 0.2) is 5.82 Å². The highest BCUT2D eigenvalue weighted by atomic mass is 16.5. The molecule has 1 saturated carbocycles. The van der Waals surface area contributed by atoms with Crippen molar-refractivity contribution in [2.75, 3.05) is 13.6 Å². The fourth-order valence-electron chi connectivity index (χ4n) is 3.15. The van der Waals surface area contributed by atoms with Gasteiger partial charge in [-0.15, -0.1) is 0 Å². The van der Waals surface area contributed by atoms with Gasteiger partial charge in [-0.25, -0.2) is 0 Å². The van der Waals surface area contributed by atoms with Gasteiger partial charge in [-0.1, -0.05) is 35.5 Å². The summed E-state index contributed by atoms with van der Waals surface area (Å²) in [4.78, 5) is 18.9. The number of likely N-dealkylation sites (N-methyl/N-ethyl adjacent to an activating group) is 1. The van der Waals surface area contributed by atoms with Gasteiger partial charge in [0.25, 0.3) is 0 Å². The van der Waals surface area contributed by atoms with E-state index in [0.29, 0.717) is 31.1 Å². The van der Waals surface area contributed by atoms with Gasteiger partial charge in [0, 0.05) is 32.4 Å². The highest BCUT2D eigenvalue weighted by molar-refractivity contribution is 5.77. The van der Waals surface area contributed by atoms with Crippen LogP contribution in [0.5, 0.6) is 0 Å². The molecular formula is C21H23N3O3. The van der Waals surface area contributed by atoms with Crippen LogP contribution in [0.3, 0.4) is 0 Å². The van der Waals surface area contributed by atoms with Gasteiger partial charge in [-0.3, -0.25) is 4.79 Å². The molecule has 0 spiro atoms. The van der Waals surface area contributed by atoms with E-state index >= 15 is 0 Å². The summed E-state index contributed by atoms with van der Waals surface area (Å²) < 4.78 is 10.9. The molecule has 140 valence electrons. The van der Waals surface area contributed by atoms with Crippen molar-refractivity contribution in [3.05, 3.63) is 71.8 Å². The fraction of sp³-hybridized carbons (Fsp3) is 0.381. The predicted octanol–water partition coefficient (Wildman–Crippen LogP) is 3.76. The third-order valence-corrected chi connectivity index (χ3v) is 4.97. The largest absolute Gasteiger partial charge is 0.469 e. The number of furan rings is 1. The van der Waals surface area contributed by atoms with Crippen LogP contribution in [0.4, 0.5) is 0 Å². The lowest BCUT2D eigenvalue weighted by atomic mass is 9.92. The van der Waals surface area contributed by atoms with Gasteiger partial charge in [0.2, 0.25) is 11.8 Å². The van der Waals surface area contributed by atoms with Crippen molar-refractivity contribution in [3.8, 4) is 0 Å². The van der Waals surface area contributed by atoms with Crippen molar-refractivity contribution >= 4 is 5.91 Å². The molecule has 1 aromatic carbocycles. The Balaban J connectivity index is 1.38. The SMILES string of the molecule is CN(CCc1noc(C2CC2)n1)C(=O)CC(c1ccccc1)c1ccco1. The van der Waals surface area contributed by atoms with Gasteiger partial charge in [0.1, 0.15) is 5.76 Å². The lowest BCUT2D eigenvalue weighted by Gasteiger charge is -2.20. The van der Waals surface area contributed by atoms with E-state index in [1.54, 1.807) is 11.2 Å².